The number of rotatable bonds is 20. The van der Waals surface area contributed by atoms with Crippen LogP contribution >= 0.6 is 0 Å². The van der Waals surface area contributed by atoms with E-state index in [0.717, 1.165) is 19.1 Å². The average Bonchev–Trinajstić information content (AvgIpc) is 2.64. The zero-order chi connectivity index (χ0) is 19.3. The Morgan fingerprint density at radius 1 is 0.808 bits per heavy atom. The van der Waals surface area contributed by atoms with E-state index in [9.17, 15) is 9.90 Å². The van der Waals surface area contributed by atoms with Gasteiger partial charge in [-0.15, -0.1) is 0 Å². The van der Waals surface area contributed by atoms with Crippen molar-refractivity contribution in [3.05, 3.63) is 12.2 Å². The molecular weight excluding hydrogens is 324 g/mol. The maximum Gasteiger partial charge on any atom is 0.155 e. The minimum absolute atomic E-state index is 0.134. The number of aliphatic hydroxyl groups is 1. The lowest BCUT2D eigenvalue weighted by Gasteiger charge is -2.13. The van der Waals surface area contributed by atoms with E-state index in [-0.39, 0.29) is 5.92 Å². The van der Waals surface area contributed by atoms with Crippen LogP contribution < -0.4 is 0 Å². The molecule has 0 amide bonds. The molecule has 0 aromatic carbocycles. The largest absolute Gasteiger partial charge is 0.368 e. The van der Waals surface area contributed by atoms with E-state index in [0.29, 0.717) is 13.0 Å². The highest BCUT2D eigenvalue weighted by Crippen LogP contribution is 2.11. The Morgan fingerprint density at radius 2 is 1.31 bits per heavy atom. The maximum absolute atomic E-state index is 10.5. The molecule has 26 heavy (non-hydrogen) atoms. The molecule has 0 heterocycles. The van der Waals surface area contributed by atoms with Crippen molar-refractivity contribution in [1.82, 2.24) is 0 Å². The first-order chi connectivity index (χ1) is 12.7. The van der Waals surface area contributed by atoms with Gasteiger partial charge in [-0.25, -0.2) is 0 Å². The number of hydrogen-bond acceptors (Lipinski definition) is 3. The molecule has 0 aromatic heterocycles. The highest BCUT2D eigenvalue weighted by atomic mass is 16.6. The molecule has 0 aliphatic heterocycles. The third-order valence-corrected chi connectivity index (χ3v) is 4.77. The molecule has 2 unspecified atom stereocenters. The fraction of sp³-hybridized carbons (Fsp3) is 0.870. The number of allylic oxidation sites excluding steroid dienone is 2. The molecule has 0 rings (SSSR count). The molecule has 0 fully saturated rings. The first-order valence-electron chi connectivity index (χ1n) is 11.1. The summed E-state index contributed by atoms with van der Waals surface area (Å²) in [6.45, 7) is 4.65. The van der Waals surface area contributed by atoms with Gasteiger partial charge in [-0.05, 0) is 32.1 Å². The van der Waals surface area contributed by atoms with Crippen molar-refractivity contribution >= 4 is 6.29 Å². The molecule has 1 N–H and O–H groups in total. The summed E-state index contributed by atoms with van der Waals surface area (Å²) in [5.74, 6) is -0.134. The first kappa shape index (κ1) is 25.3. The molecule has 3 heteroatoms. The number of carbonyl (C=O) groups excluding carboxylic acids is 1. The minimum atomic E-state index is -0.793. The van der Waals surface area contributed by atoms with Crippen molar-refractivity contribution < 1.29 is 14.6 Å². The second kappa shape index (κ2) is 20.6. The number of carbonyl (C=O) groups is 1. The van der Waals surface area contributed by atoms with E-state index in [2.05, 4.69) is 19.1 Å². The van der Waals surface area contributed by atoms with Gasteiger partial charge in [0.05, 0.1) is 0 Å². The molecule has 0 radical (unpaired) electrons. The third kappa shape index (κ3) is 19.7. The summed E-state index contributed by atoms with van der Waals surface area (Å²) in [4.78, 5) is 10.5. The van der Waals surface area contributed by atoms with Gasteiger partial charge in [-0.3, -0.25) is 0 Å². The molecule has 0 saturated carbocycles. The molecule has 0 saturated heterocycles. The van der Waals surface area contributed by atoms with E-state index < -0.39 is 6.29 Å². The van der Waals surface area contributed by atoms with Gasteiger partial charge in [-0.2, -0.15) is 0 Å². The zero-order valence-electron chi connectivity index (χ0n) is 17.5. The molecule has 0 spiro atoms. The highest BCUT2D eigenvalue weighted by molar-refractivity contribution is 5.52. The molecule has 0 aliphatic rings. The van der Waals surface area contributed by atoms with Crippen molar-refractivity contribution in [2.75, 3.05) is 6.61 Å². The van der Waals surface area contributed by atoms with Crippen molar-refractivity contribution in [3.8, 4) is 0 Å². The lowest BCUT2D eigenvalue weighted by atomic mass is 10.1. The molecule has 154 valence electrons. The Kier molecular flexibility index (Phi) is 20.1. The van der Waals surface area contributed by atoms with Crippen LogP contribution in [0.5, 0.6) is 0 Å². The van der Waals surface area contributed by atoms with Crippen LogP contribution in [0.1, 0.15) is 110 Å². The van der Waals surface area contributed by atoms with Crippen LogP contribution in [0.25, 0.3) is 0 Å². The van der Waals surface area contributed by atoms with Gasteiger partial charge in [0.15, 0.2) is 6.29 Å². The molecule has 0 aromatic rings. The average molecular weight is 369 g/mol. The monoisotopic (exact) mass is 368 g/mol. The quantitative estimate of drug-likeness (QED) is 0.114. The summed E-state index contributed by atoms with van der Waals surface area (Å²) < 4.78 is 5.32. The second-order valence-electron chi connectivity index (χ2n) is 7.61. The number of aliphatic hydroxyl groups excluding tert-OH is 1. The first-order valence-corrected chi connectivity index (χ1v) is 11.1. The fourth-order valence-corrected chi connectivity index (χ4v) is 3.01. The second-order valence-corrected chi connectivity index (χ2v) is 7.61. The summed E-state index contributed by atoms with van der Waals surface area (Å²) in [5.41, 5.74) is 0. The van der Waals surface area contributed by atoms with Crippen LogP contribution in [-0.4, -0.2) is 24.3 Å². The van der Waals surface area contributed by atoms with E-state index in [1.807, 2.05) is 0 Å². The SMILES string of the molecule is CCCCCCCC/C=C\CCCCCCCCOC(O)CC(C)C=O. The lowest BCUT2D eigenvalue weighted by Crippen LogP contribution is -2.17. The summed E-state index contributed by atoms with van der Waals surface area (Å²) in [5, 5.41) is 9.59. The smallest absolute Gasteiger partial charge is 0.155 e. The Balaban J connectivity index is 3.19. The van der Waals surface area contributed by atoms with Gasteiger partial charge in [0.2, 0.25) is 0 Å². The van der Waals surface area contributed by atoms with E-state index in [1.165, 1.54) is 77.0 Å². The molecule has 0 aliphatic carbocycles. The predicted octanol–water partition coefficient (Wildman–Crippen LogP) is 6.58. The zero-order valence-corrected chi connectivity index (χ0v) is 17.5. The van der Waals surface area contributed by atoms with Gasteiger partial charge < -0.3 is 14.6 Å². The normalized spacial score (nSPS) is 14.0. The molecule has 0 bridgehead atoms. The van der Waals surface area contributed by atoms with Crippen LogP contribution in [0.3, 0.4) is 0 Å². The Morgan fingerprint density at radius 3 is 1.85 bits per heavy atom. The molecule has 2 atom stereocenters. The number of ether oxygens (including phenoxy) is 1. The molecule has 3 nitrogen and oxygen atoms in total. The van der Waals surface area contributed by atoms with Crippen LogP contribution in [0.4, 0.5) is 0 Å². The van der Waals surface area contributed by atoms with Crippen molar-refractivity contribution in [2.24, 2.45) is 5.92 Å². The van der Waals surface area contributed by atoms with Gasteiger partial charge in [0, 0.05) is 18.9 Å². The lowest BCUT2D eigenvalue weighted by molar-refractivity contribution is -0.124. The van der Waals surface area contributed by atoms with Crippen molar-refractivity contribution in [3.63, 3.8) is 0 Å². The van der Waals surface area contributed by atoms with Crippen LogP contribution in [0, 0.1) is 5.92 Å². The number of aldehydes is 1. The van der Waals surface area contributed by atoms with Crippen LogP contribution in [0.2, 0.25) is 0 Å². The van der Waals surface area contributed by atoms with Gasteiger partial charge >= 0.3 is 0 Å². The number of unbranched alkanes of at least 4 members (excludes halogenated alkanes) is 12. The van der Waals surface area contributed by atoms with Crippen LogP contribution in [0.15, 0.2) is 12.2 Å². The Hall–Kier alpha value is -0.670. The summed E-state index contributed by atoms with van der Waals surface area (Å²) in [7, 11) is 0. The summed E-state index contributed by atoms with van der Waals surface area (Å²) in [6.07, 6.45) is 23.2. The number of hydrogen-bond donors (Lipinski definition) is 1. The van der Waals surface area contributed by atoms with E-state index in [4.69, 9.17) is 4.74 Å². The maximum atomic E-state index is 10.5. The fourth-order valence-electron chi connectivity index (χ4n) is 3.01. The van der Waals surface area contributed by atoms with Crippen molar-refractivity contribution in [1.29, 1.82) is 0 Å². The standard InChI is InChI=1S/C23H44O3/c1-3-4-5-6-7-8-9-10-11-12-13-14-15-16-17-18-19-26-23(25)20-22(2)21-24/h10-11,21-23,25H,3-9,12-20H2,1-2H3/b11-10-. The Bertz CT molecular complexity index is 315. The van der Waals surface area contributed by atoms with Crippen LogP contribution in [-0.2, 0) is 9.53 Å². The van der Waals surface area contributed by atoms with Gasteiger partial charge in [0.25, 0.3) is 0 Å². The topological polar surface area (TPSA) is 46.5 Å². The predicted molar refractivity (Wildman–Crippen MR) is 111 cm³/mol. The molecular formula is C23H44O3. The summed E-state index contributed by atoms with van der Waals surface area (Å²) in [6, 6.07) is 0. The van der Waals surface area contributed by atoms with Gasteiger partial charge in [0.1, 0.15) is 6.29 Å². The highest BCUT2D eigenvalue weighted by Gasteiger charge is 2.09. The Labute approximate surface area is 162 Å². The third-order valence-electron chi connectivity index (χ3n) is 4.77. The van der Waals surface area contributed by atoms with E-state index in [1.54, 1.807) is 6.92 Å². The van der Waals surface area contributed by atoms with Gasteiger partial charge in [-0.1, -0.05) is 83.8 Å². The van der Waals surface area contributed by atoms with E-state index >= 15 is 0 Å². The van der Waals surface area contributed by atoms with Crippen molar-refractivity contribution in [2.45, 2.75) is 116 Å². The minimum Gasteiger partial charge on any atom is -0.368 e. The summed E-state index contributed by atoms with van der Waals surface area (Å²) >= 11 is 0.